The highest BCUT2D eigenvalue weighted by Crippen LogP contribution is 2.21. The number of nitrogens with zero attached hydrogens (tertiary/aromatic N) is 2. The molecule has 174 valence electrons. The van der Waals surface area contributed by atoms with E-state index in [1.807, 2.05) is 13.8 Å². The van der Waals surface area contributed by atoms with Crippen LogP contribution in [0.2, 0.25) is 0 Å². The zero-order valence-electron chi connectivity index (χ0n) is 18.1. The van der Waals surface area contributed by atoms with Crippen LogP contribution in [0.1, 0.15) is 37.7 Å². The Morgan fingerprint density at radius 2 is 1.81 bits per heavy atom. The number of rotatable bonds is 8. The first-order valence-electron chi connectivity index (χ1n) is 10.0. The average molecular weight is 460 g/mol. The quantitative estimate of drug-likeness (QED) is 0.570. The SMILES string of the molecule is CCOC(=O)c1ccc(S(=O)(=O)N2CCN(C(=O)C(CC(C)C)NC(=O)OC)CC2)o1. The summed E-state index contributed by atoms with van der Waals surface area (Å²) in [6.45, 7) is 6.04. The molecular weight excluding hydrogens is 430 g/mol. The normalized spacial score (nSPS) is 16.1. The van der Waals surface area contributed by atoms with Crippen LogP contribution in [0.15, 0.2) is 21.6 Å². The Labute approximate surface area is 181 Å². The highest BCUT2D eigenvalue weighted by atomic mass is 32.2. The summed E-state index contributed by atoms with van der Waals surface area (Å²) in [5, 5.41) is 2.18. The lowest BCUT2D eigenvalue weighted by Crippen LogP contribution is -2.56. The zero-order valence-corrected chi connectivity index (χ0v) is 18.9. The minimum absolute atomic E-state index is 0.0517. The van der Waals surface area contributed by atoms with Crippen molar-refractivity contribution in [2.45, 2.75) is 38.3 Å². The fourth-order valence-electron chi connectivity index (χ4n) is 3.16. The Morgan fingerprint density at radius 1 is 1.16 bits per heavy atom. The predicted molar refractivity (Wildman–Crippen MR) is 109 cm³/mol. The topological polar surface area (TPSA) is 135 Å². The van der Waals surface area contributed by atoms with Gasteiger partial charge in [0.05, 0.1) is 13.7 Å². The van der Waals surface area contributed by atoms with E-state index in [1.165, 1.54) is 28.4 Å². The monoisotopic (exact) mass is 459 g/mol. The highest BCUT2D eigenvalue weighted by Gasteiger charge is 2.35. The molecule has 1 aromatic rings. The minimum Gasteiger partial charge on any atom is -0.460 e. The number of esters is 1. The largest absolute Gasteiger partial charge is 0.460 e. The number of carbonyl (C=O) groups is 3. The first-order valence-corrected chi connectivity index (χ1v) is 11.4. The van der Waals surface area contributed by atoms with Gasteiger partial charge in [-0.3, -0.25) is 4.79 Å². The molecule has 1 saturated heterocycles. The summed E-state index contributed by atoms with van der Waals surface area (Å²) >= 11 is 0. The molecule has 0 bridgehead atoms. The number of alkyl carbamates (subject to hydrolysis) is 1. The number of hydrogen-bond acceptors (Lipinski definition) is 8. The molecule has 12 heteroatoms. The lowest BCUT2D eigenvalue weighted by molar-refractivity contribution is -0.135. The molecular formula is C19H29N3O8S. The molecule has 1 fully saturated rings. The first-order chi connectivity index (χ1) is 14.6. The van der Waals surface area contributed by atoms with Crippen molar-refractivity contribution in [2.75, 3.05) is 39.9 Å². The van der Waals surface area contributed by atoms with E-state index in [4.69, 9.17) is 9.15 Å². The third kappa shape index (κ3) is 6.20. The summed E-state index contributed by atoms with van der Waals surface area (Å²) in [6.07, 6.45) is -0.273. The van der Waals surface area contributed by atoms with Gasteiger partial charge in [0.2, 0.25) is 16.8 Å². The van der Waals surface area contributed by atoms with Gasteiger partial charge in [-0.1, -0.05) is 13.8 Å². The number of methoxy groups -OCH3 is 1. The van der Waals surface area contributed by atoms with Crippen LogP contribution in [0.3, 0.4) is 0 Å². The highest BCUT2D eigenvalue weighted by molar-refractivity contribution is 7.89. The van der Waals surface area contributed by atoms with Crippen molar-refractivity contribution in [3.8, 4) is 0 Å². The van der Waals surface area contributed by atoms with Gasteiger partial charge < -0.3 is 24.1 Å². The van der Waals surface area contributed by atoms with Gasteiger partial charge in [0.15, 0.2) is 0 Å². The van der Waals surface area contributed by atoms with Crippen LogP contribution in [-0.4, -0.2) is 81.5 Å². The second-order valence-electron chi connectivity index (χ2n) is 7.39. The molecule has 0 spiro atoms. The van der Waals surface area contributed by atoms with Gasteiger partial charge >= 0.3 is 12.1 Å². The van der Waals surface area contributed by atoms with Gasteiger partial charge in [-0.25, -0.2) is 18.0 Å². The predicted octanol–water partition coefficient (Wildman–Crippen LogP) is 1.06. The molecule has 1 aliphatic heterocycles. The van der Waals surface area contributed by atoms with E-state index in [0.29, 0.717) is 6.42 Å². The molecule has 2 rings (SSSR count). The molecule has 0 saturated carbocycles. The Morgan fingerprint density at radius 3 is 2.35 bits per heavy atom. The molecule has 1 unspecified atom stereocenters. The van der Waals surface area contributed by atoms with Crippen molar-refractivity contribution in [1.29, 1.82) is 0 Å². The molecule has 2 heterocycles. The second-order valence-corrected chi connectivity index (χ2v) is 9.26. The van der Waals surface area contributed by atoms with Gasteiger partial charge in [0.25, 0.3) is 10.0 Å². The third-order valence-electron chi connectivity index (χ3n) is 4.69. The standard InChI is InChI=1S/C19H29N3O8S/c1-5-29-18(24)15-6-7-16(30-15)31(26,27)22-10-8-21(9-11-22)17(23)14(12-13(2)3)20-19(25)28-4/h6-7,13-14H,5,8-12H2,1-4H3,(H,20,25). The van der Waals surface area contributed by atoms with Crippen LogP contribution in [-0.2, 0) is 24.3 Å². The van der Waals surface area contributed by atoms with Crippen LogP contribution >= 0.6 is 0 Å². The molecule has 2 amide bonds. The van der Waals surface area contributed by atoms with E-state index in [1.54, 1.807) is 6.92 Å². The maximum atomic E-state index is 12.9. The van der Waals surface area contributed by atoms with E-state index in [-0.39, 0.29) is 55.5 Å². The average Bonchev–Trinajstić information content (AvgIpc) is 3.24. The van der Waals surface area contributed by atoms with E-state index in [9.17, 15) is 22.8 Å². The summed E-state index contributed by atoms with van der Waals surface area (Å²) in [5.41, 5.74) is 0. The van der Waals surface area contributed by atoms with E-state index < -0.39 is 28.1 Å². The van der Waals surface area contributed by atoms with Gasteiger partial charge in [-0.05, 0) is 31.4 Å². The van der Waals surface area contributed by atoms with Gasteiger partial charge in [0.1, 0.15) is 6.04 Å². The fourth-order valence-corrected chi connectivity index (χ4v) is 4.49. The molecule has 1 aromatic heterocycles. The lowest BCUT2D eigenvalue weighted by atomic mass is 10.0. The molecule has 0 aromatic carbocycles. The van der Waals surface area contributed by atoms with Crippen molar-refractivity contribution >= 4 is 28.0 Å². The maximum Gasteiger partial charge on any atom is 0.407 e. The Bertz CT molecular complexity index is 888. The summed E-state index contributed by atoms with van der Waals surface area (Å²) in [5.74, 6) is -1.08. The van der Waals surface area contributed by atoms with Crippen LogP contribution < -0.4 is 5.32 Å². The van der Waals surface area contributed by atoms with Crippen LogP contribution in [0, 0.1) is 5.92 Å². The molecule has 1 N–H and O–H groups in total. The number of sulfonamides is 1. The first kappa shape index (κ1) is 24.7. The van der Waals surface area contributed by atoms with E-state index >= 15 is 0 Å². The summed E-state index contributed by atoms with van der Waals surface area (Å²) < 4.78 is 41.4. The Kier molecular flexibility index (Phi) is 8.45. The van der Waals surface area contributed by atoms with Crippen molar-refractivity contribution < 1.29 is 36.7 Å². The fraction of sp³-hybridized carbons (Fsp3) is 0.632. The molecule has 11 nitrogen and oxygen atoms in total. The van der Waals surface area contributed by atoms with Crippen molar-refractivity contribution in [1.82, 2.24) is 14.5 Å². The Hall–Kier alpha value is -2.60. The van der Waals surface area contributed by atoms with Crippen molar-refractivity contribution in [2.24, 2.45) is 5.92 Å². The molecule has 31 heavy (non-hydrogen) atoms. The number of carbonyl (C=O) groups excluding carboxylic acids is 3. The smallest absolute Gasteiger partial charge is 0.407 e. The molecule has 0 radical (unpaired) electrons. The van der Waals surface area contributed by atoms with Crippen molar-refractivity contribution in [3.63, 3.8) is 0 Å². The second kappa shape index (κ2) is 10.6. The molecule has 0 aliphatic carbocycles. The number of amides is 2. The van der Waals surface area contributed by atoms with Gasteiger partial charge in [0, 0.05) is 26.2 Å². The van der Waals surface area contributed by atoms with E-state index in [0.717, 1.165) is 0 Å². The summed E-state index contributed by atoms with van der Waals surface area (Å²) in [7, 11) is -2.75. The number of nitrogens with one attached hydrogen (secondary N) is 1. The Balaban J connectivity index is 2.04. The zero-order chi connectivity index (χ0) is 23.2. The van der Waals surface area contributed by atoms with Gasteiger partial charge in [-0.2, -0.15) is 4.31 Å². The minimum atomic E-state index is -3.97. The van der Waals surface area contributed by atoms with Crippen LogP contribution in [0.5, 0.6) is 0 Å². The summed E-state index contributed by atoms with van der Waals surface area (Å²) in [6, 6.07) is 1.70. The third-order valence-corrected chi connectivity index (χ3v) is 6.46. The number of ether oxygens (including phenoxy) is 2. The number of furan rings is 1. The molecule has 1 atom stereocenters. The van der Waals surface area contributed by atoms with Crippen LogP contribution in [0.25, 0.3) is 0 Å². The number of piperazine rings is 1. The number of hydrogen-bond donors (Lipinski definition) is 1. The van der Waals surface area contributed by atoms with Crippen molar-refractivity contribution in [3.05, 3.63) is 17.9 Å². The maximum absolute atomic E-state index is 12.9. The summed E-state index contributed by atoms with van der Waals surface area (Å²) in [4.78, 5) is 37.7. The lowest BCUT2D eigenvalue weighted by Gasteiger charge is -2.35. The molecule has 1 aliphatic rings. The van der Waals surface area contributed by atoms with Crippen LogP contribution in [0.4, 0.5) is 4.79 Å². The van der Waals surface area contributed by atoms with E-state index in [2.05, 4.69) is 10.1 Å². The van der Waals surface area contributed by atoms with Gasteiger partial charge in [-0.15, -0.1) is 0 Å².